The molecular weight excluding hydrogens is 562 g/mol. The van der Waals surface area contributed by atoms with Crippen LogP contribution in [0.25, 0.3) is 16.7 Å². The molecule has 1 saturated heterocycles. The molecular formula is C38H42ClN5. The largest absolute Gasteiger partial charge is 0.355 e. The number of rotatable bonds is 11. The van der Waals surface area contributed by atoms with Crippen molar-refractivity contribution in [3.63, 3.8) is 0 Å². The number of imidazole rings is 1. The lowest BCUT2D eigenvalue weighted by atomic mass is 9.95. The van der Waals surface area contributed by atoms with E-state index in [0.29, 0.717) is 5.56 Å². The average Bonchev–Trinajstić information content (AvgIpc) is 3.44. The van der Waals surface area contributed by atoms with Crippen molar-refractivity contribution in [3.05, 3.63) is 112 Å². The van der Waals surface area contributed by atoms with Gasteiger partial charge in [0.05, 0.1) is 22.6 Å². The summed E-state index contributed by atoms with van der Waals surface area (Å²) in [6.45, 7) is 7.95. The molecule has 0 bridgehead atoms. The number of fused-ring (bicyclic) bond motifs is 3. The molecule has 0 amide bonds. The van der Waals surface area contributed by atoms with Crippen molar-refractivity contribution in [2.45, 2.75) is 64.8 Å². The lowest BCUT2D eigenvalue weighted by molar-refractivity contribution is 0.212. The Morgan fingerprint density at radius 2 is 1.52 bits per heavy atom. The van der Waals surface area contributed by atoms with Gasteiger partial charge in [-0.15, -0.1) is 0 Å². The molecule has 1 unspecified atom stereocenters. The highest BCUT2D eigenvalue weighted by molar-refractivity contribution is 6.31. The molecule has 1 fully saturated rings. The van der Waals surface area contributed by atoms with E-state index in [0.717, 1.165) is 71.9 Å². The van der Waals surface area contributed by atoms with Gasteiger partial charge in [0.1, 0.15) is 11.9 Å². The Labute approximate surface area is 266 Å². The number of nitrogens with zero attached hydrogens (tertiary/aromatic N) is 5. The fourth-order valence-corrected chi connectivity index (χ4v) is 7.23. The first-order valence-corrected chi connectivity index (χ1v) is 16.6. The zero-order chi connectivity index (χ0) is 30.5. The number of piperazine rings is 1. The van der Waals surface area contributed by atoms with Crippen LogP contribution >= 0.6 is 11.6 Å². The fraction of sp³-hybridized carbons (Fsp3) is 0.368. The summed E-state index contributed by atoms with van der Waals surface area (Å²) < 4.78 is 2.28. The Hall–Kier alpha value is -3.85. The number of benzene rings is 3. The minimum absolute atomic E-state index is 0.0893. The Kier molecular flexibility index (Phi) is 9.50. The number of pyridine rings is 1. The van der Waals surface area contributed by atoms with Gasteiger partial charge in [-0.05, 0) is 60.2 Å². The Balaban J connectivity index is 1.37. The van der Waals surface area contributed by atoms with Crippen molar-refractivity contribution < 1.29 is 0 Å². The molecule has 5 aromatic rings. The summed E-state index contributed by atoms with van der Waals surface area (Å²) in [4.78, 5) is 10.1. The third-order valence-corrected chi connectivity index (χ3v) is 9.62. The monoisotopic (exact) mass is 603 g/mol. The third kappa shape index (κ3) is 5.94. The number of anilines is 1. The van der Waals surface area contributed by atoms with Crippen LogP contribution in [0.4, 0.5) is 5.82 Å². The maximum absolute atomic E-state index is 10.3. The molecule has 0 aliphatic carbocycles. The van der Waals surface area contributed by atoms with E-state index in [2.05, 4.69) is 94.8 Å². The van der Waals surface area contributed by atoms with Gasteiger partial charge in [-0.1, -0.05) is 111 Å². The summed E-state index contributed by atoms with van der Waals surface area (Å²) in [5.41, 5.74) is 8.26. The molecule has 0 radical (unpaired) electrons. The van der Waals surface area contributed by atoms with E-state index >= 15 is 0 Å². The average molecular weight is 604 g/mol. The van der Waals surface area contributed by atoms with Gasteiger partial charge in [0.2, 0.25) is 0 Å². The molecule has 1 aliphatic heterocycles. The summed E-state index contributed by atoms with van der Waals surface area (Å²) >= 11 is 6.80. The normalized spacial score (nSPS) is 14.7. The van der Waals surface area contributed by atoms with Gasteiger partial charge in [-0.2, -0.15) is 5.26 Å². The SMILES string of the molecule is CCCCCCCCc1c(C)c(C#N)c2nc3ccccc3n2c1N1CCN(C(c2ccccc2)c2ccccc2Cl)CC1. The second-order valence-corrected chi connectivity index (χ2v) is 12.5. The van der Waals surface area contributed by atoms with Crippen molar-refractivity contribution in [2.75, 3.05) is 31.1 Å². The number of para-hydroxylation sites is 2. The predicted molar refractivity (Wildman–Crippen MR) is 183 cm³/mol. The van der Waals surface area contributed by atoms with E-state index in [1.165, 1.54) is 49.0 Å². The third-order valence-electron chi connectivity index (χ3n) is 9.28. The lowest BCUT2D eigenvalue weighted by Gasteiger charge is -2.41. The zero-order valence-corrected chi connectivity index (χ0v) is 26.7. The molecule has 0 N–H and O–H groups in total. The van der Waals surface area contributed by atoms with Crippen molar-refractivity contribution in [2.24, 2.45) is 0 Å². The molecule has 226 valence electrons. The lowest BCUT2D eigenvalue weighted by Crippen LogP contribution is -2.48. The predicted octanol–water partition coefficient (Wildman–Crippen LogP) is 9.14. The van der Waals surface area contributed by atoms with Gasteiger partial charge < -0.3 is 4.90 Å². The minimum atomic E-state index is 0.0893. The van der Waals surface area contributed by atoms with Crippen LogP contribution in [-0.2, 0) is 6.42 Å². The molecule has 1 atom stereocenters. The number of aromatic nitrogens is 2. The molecule has 6 heteroatoms. The van der Waals surface area contributed by atoms with Crippen LogP contribution in [0.3, 0.4) is 0 Å². The molecule has 2 aromatic heterocycles. The summed E-state index contributed by atoms with van der Waals surface area (Å²) in [5, 5.41) is 11.1. The highest BCUT2D eigenvalue weighted by Gasteiger charge is 2.31. The van der Waals surface area contributed by atoms with Crippen LogP contribution in [0.5, 0.6) is 0 Å². The van der Waals surface area contributed by atoms with E-state index < -0.39 is 0 Å². The van der Waals surface area contributed by atoms with Crippen LogP contribution in [0.15, 0.2) is 78.9 Å². The van der Waals surface area contributed by atoms with Crippen LogP contribution < -0.4 is 4.90 Å². The molecule has 6 rings (SSSR count). The number of hydrogen-bond donors (Lipinski definition) is 0. The molecule has 44 heavy (non-hydrogen) atoms. The maximum Gasteiger partial charge on any atom is 0.157 e. The van der Waals surface area contributed by atoms with Gasteiger partial charge in [0.15, 0.2) is 5.65 Å². The van der Waals surface area contributed by atoms with E-state index in [1.54, 1.807) is 0 Å². The quantitative estimate of drug-likeness (QED) is 0.141. The van der Waals surface area contributed by atoms with E-state index in [-0.39, 0.29) is 6.04 Å². The molecule has 0 spiro atoms. The second kappa shape index (κ2) is 13.8. The van der Waals surface area contributed by atoms with Crippen molar-refractivity contribution in [1.82, 2.24) is 14.3 Å². The Bertz CT molecular complexity index is 1760. The summed E-state index contributed by atoms with van der Waals surface area (Å²) in [6, 6.07) is 29.9. The standard InChI is InChI=1S/C38H42ClN5/c1-3-4-5-6-7-11-18-30-28(2)32(27-40)37-41-34-21-14-15-22-35(34)44(37)38(30)43-25-23-42(24-26-43)36(29-16-9-8-10-17-29)31-19-12-13-20-33(31)39/h8-10,12-17,19-22,36H,3-7,11,18,23-26H2,1-2H3. The maximum atomic E-state index is 10.3. The van der Waals surface area contributed by atoms with Gasteiger partial charge in [-0.3, -0.25) is 9.30 Å². The van der Waals surface area contributed by atoms with E-state index in [9.17, 15) is 5.26 Å². The smallest absolute Gasteiger partial charge is 0.157 e. The van der Waals surface area contributed by atoms with Crippen LogP contribution in [0.2, 0.25) is 5.02 Å². The van der Waals surface area contributed by atoms with Crippen molar-refractivity contribution in [1.29, 1.82) is 5.26 Å². The first-order chi connectivity index (χ1) is 21.6. The summed E-state index contributed by atoms with van der Waals surface area (Å²) in [6.07, 6.45) is 8.44. The van der Waals surface area contributed by atoms with Crippen molar-refractivity contribution in [3.8, 4) is 6.07 Å². The second-order valence-electron chi connectivity index (χ2n) is 12.0. The van der Waals surface area contributed by atoms with Crippen LogP contribution in [0.1, 0.15) is 79.3 Å². The zero-order valence-electron chi connectivity index (χ0n) is 26.0. The first kappa shape index (κ1) is 30.2. The topological polar surface area (TPSA) is 47.6 Å². The minimum Gasteiger partial charge on any atom is -0.355 e. The van der Waals surface area contributed by atoms with Crippen LogP contribution in [-0.4, -0.2) is 40.5 Å². The molecule has 0 saturated carbocycles. The molecule has 3 aromatic carbocycles. The highest BCUT2D eigenvalue weighted by Crippen LogP contribution is 2.37. The van der Waals surface area contributed by atoms with E-state index in [1.807, 2.05) is 18.2 Å². The molecule has 5 nitrogen and oxygen atoms in total. The number of nitriles is 1. The molecule has 3 heterocycles. The fourth-order valence-electron chi connectivity index (χ4n) is 6.99. The number of halogens is 1. The van der Waals surface area contributed by atoms with Gasteiger partial charge in [0.25, 0.3) is 0 Å². The number of hydrogen-bond acceptors (Lipinski definition) is 4. The highest BCUT2D eigenvalue weighted by atomic mass is 35.5. The Morgan fingerprint density at radius 3 is 2.27 bits per heavy atom. The molecule has 1 aliphatic rings. The van der Waals surface area contributed by atoms with Crippen molar-refractivity contribution >= 4 is 34.1 Å². The van der Waals surface area contributed by atoms with Crippen LogP contribution in [0, 0.1) is 18.3 Å². The Morgan fingerprint density at radius 1 is 0.841 bits per heavy atom. The van der Waals surface area contributed by atoms with Gasteiger partial charge >= 0.3 is 0 Å². The summed E-state index contributed by atoms with van der Waals surface area (Å²) in [5.74, 6) is 1.22. The number of unbranched alkanes of at least 4 members (excludes halogenated alkanes) is 5. The first-order valence-electron chi connectivity index (χ1n) is 16.2. The van der Waals surface area contributed by atoms with E-state index in [4.69, 9.17) is 16.6 Å². The van der Waals surface area contributed by atoms with Gasteiger partial charge in [0, 0.05) is 31.2 Å². The summed E-state index contributed by atoms with van der Waals surface area (Å²) in [7, 11) is 0. The van der Waals surface area contributed by atoms with Gasteiger partial charge in [-0.25, -0.2) is 4.98 Å².